The van der Waals surface area contributed by atoms with Crippen molar-refractivity contribution < 1.29 is 19.0 Å². The number of carbonyl (C=O) groups excluding carboxylic acids is 1. The van der Waals surface area contributed by atoms with Crippen LogP contribution in [0.1, 0.15) is 0 Å². The third kappa shape index (κ3) is 2.85. The fourth-order valence-corrected chi connectivity index (χ4v) is 2.46. The lowest BCUT2D eigenvalue weighted by atomic mass is 10.2. The Hall–Kier alpha value is -2.96. The van der Waals surface area contributed by atoms with E-state index in [1.165, 1.54) is 0 Å². The molecule has 2 aliphatic rings. The van der Waals surface area contributed by atoms with Crippen molar-refractivity contribution in [2.45, 2.75) is 6.10 Å². The molecule has 1 saturated heterocycles. The van der Waals surface area contributed by atoms with E-state index in [9.17, 15) is 4.79 Å². The number of nitrogens with zero attached hydrogens (tertiary/aromatic N) is 2. The molecule has 0 unspecified atom stereocenters. The molecule has 118 valence electrons. The van der Waals surface area contributed by atoms with Crippen LogP contribution in [0.5, 0.6) is 17.2 Å². The van der Waals surface area contributed by atoms with Gasteiger partial charge in [0.05, 0.1) is 19.3 Å². The predicted molar refractivity (Wildman–Crippen MR) is 81.8 cm³/mol. The summed E-state index contributed by atoms with van der Waals surface area (Å²) in [6.07, 6.45) is 3.36. The van der Waals surface area contributed by atoms with Gasteiger partial charge in [-0.2, -0.15) is 0 Å². The molecular formula is C16H15N3O4. The van der Waals surface area contributed by atoms with Gasteiger partial charge in [-0.25, -0.2) is 4.79 Å². The van der Waals surface area contributed by atoms with Crippen molar-refractivity contribution in [1.82, 2.24) is 9.88 Å². The minimum atomic E-state index is -0.157. The van der Waals surface area contributed by atoms with E-state index in [2.05, 4.69) is 10.3 Å². The number of rotatable bonds is 3. The third-order valence-corrected chi connectivity index (χ3v) is 3.70. The number of nitrogens with one attached hydrogen (secondary N) is 1. The molecule has 1 aromatic carbocycles. The average molecular weight is 313 g/mol. The summed E-state index contributed by atoms with van der Waals surface area (Å²) in [6.45, 7) is 1.31. The number of hydrogen-bond acceptors (Lipinski definition) is 5. The van der Waals surface area contributed by atoms with Gasteiger partial charge in [-0.3, -0.25) is 4.98 Å². The number of amides is 2. The number of urea groups is 1. The van der Waals surface area contributed by atoms with Crippen LogP contribution < -0.4 is 19.5 Å². The van der Waals surface area contributed by atoms with Gasteiger partial charge in [0, 0.05) is 18.0 Å². The number of hydrogen-bond donors (Lipinski definition) is 1. The maximum absolute atomic E-state index is 12.2. The molecule has 1 fully saturated rings. The van der Waals surface area contributed by atoms with E-state index in [1.807, 2.05) is 12.1 Å². The molecular weight excluding hydrogens is 298 g/mol. The Bertz CT molecular complexity index is 717. The summed E-state index contributed by atoms with van der Waals surface area (Å²) in [5, 5.41) is 2.84. The van der Waals surface area contributed by atoms with Gasteiger partial charge in [-0.15, -0.1) is 0 Å². The van der Waals surface area contributed by atoms with Gasteiger partial charge in [-0.1, -0.05) is 0 Å². The third-order valence-electron chi connectivity index (χ3n) is 3.70. The zero-order valence-electron chi connectivity index (χ0n) is 12.3. The Morgan fingerprint density at radius 3 is 2.96 bits per heavy atom. The number of fused-ring (bicyclic) bond motifs is 1. The van der Waals surface area contributed by atoms with Crippen molar-refractivity contribution in [1.29, 1.82) is 0 Å². The fourth-order valence-electron chi connectivity index (χ4n) is 2.46. The molecule has 2 aromatic rings. The fraction of sp³-hybridized carbons (Fsp3) is 0.250. The number of benzene rings is 1. The summed E-state index contributed by atoms with van der Waals surface area (Å²) >= 11 is 0. The predicted octanol–water partition coefficient (Wildman–Crippen LogP) is 2.11. The van der Waals surface area contributed by atoms with E-state index in [-0.39, 0.29) is 18.9 Å². The molecule has 0 saturated carbocycles. The Balaban J connectivity index is 1.30. The standard InChI is InChI=1S/C16H15N3O4/c20-16(18-11-3-4-14-15(6-11)22-10-21-14)19-8-13(9-19)23-12-2-1-5-17-7-12/h1-7,13H,8-10H2,(H,18,20). The lowest BCUT2D eigenvalue weighted by molar-refractivity contribution is 0.0490. The molecule has 1 N–H and O–H groups in total. The monoisotopic (exact) mass is 313 g/mol. The summed E-state index contributed by atoms with van der Waals surface area (Å²) in [7, 11) is 0. The van der Waals surface area contributed by atoms with Crippen LogP contribution in [0.25, 0.3) is 0 Å². The van der Waals surface area contributed by atoms with Crippen LogP contribution in [0.15, 0.2) is 42.7 Å². The number of carbonyl (C=O) groups is 1. The van der Waals surface area contributed by atoms with Crippen LogP contribution in [0.3, 0.4) is 0 Å². The molecule has 0 spiro atoms. The zero-order valence-corrected chi connectivity index (χ0v) is 12.3. The quantitative estimate of drug-likeness (QED) is 0.939. The summed E-state index contributed by atoms with van der Waals surface area (Å²) < 4.78 is 16.3. The second-order valence-corrected chi connectivity index (χ2v) is 5.33. The molecule has 0 atom stereocenters. The number of likely N-dealkylation sites (tertiary alicyclic amines) is 1. The van der Waals surface area contributed by atoms with Crippen LogP contribution in [0.4, 0.5) is 10.5 Å². The van der Waals surface area contributed by atoms with Crippen molar-refractivity contribution in [3.8, 4) is 17.2 Å². The zero-order chi connectivity index (χ0) is 15.6. The maximum atomic E-state index is 12.2. The van der Waals surface area contributed by atoms with Gasteiger partial charge in [0.25, 0.3) is 0 Å². The molecule has 4 rings (SSSR count). The highest BCUT2D eigenvalue weighted by Gasteiger charge is 2.32. The molecule has 2 aliphatic heterocycles. The normalized spacial score (nSPS) is 15.9. The number of anilines is 1. The van der Waals surface area contributed by atoms with Crippen LogP contribution >= 0.6 is 0 Å². The van der Waals surface area contributed by atoms with E-state index in [0.29, 0.717) is 36.0 Å². The van der Waals surface area contributed by atoms with Crippen LogP contribution in [0.2, 0.25) is 0 Å². The Kier molecular flexibility index (Phi) is 3.38. The van der Waals surface area contributed by atoms with Gasteiger partial charge in [0.2, 0.25) is 6.79 Å². The minimum Gasteiger partial charge on any atom is -0.485 e. The second-order valence-electron chi connectivity index (χ2n) is 5.33. The summed E-state index contributed by atoms with van der Waals surface area (Å²) in [4.78, 5) is 17.8. The second kappa shape index (κ2) is 5.68. The molecule has 1 aromatic heterocycles. The summed E-state index contributed by atoms with van der Waals surface area (Å²) in [5.74, 6) is 2.05. The highest BCUT2D eigenvalue weighted by atomic mass is 16.7. The van der Waals surface area contributed by atoms with Crippen LogP contribution in [0, 0.1) is 0 Å². The molecule has 0 bridgehead atoms. The molecule has 7 heteroatoms. The lowest BCUT2D eigenvalue weighted by Crippen LogP contribution is -2.57. The topological polar surface area (TPSA) is 72.9 Å². The first-order chi connectivity index (χ1) is 11.3. The van der Waals surface area contributed by atoms with Gasteiger partial charge in [0.15, 0.2) is 11.5 Å². The first-order valence-electron chi connectivity index (χ1n) is 7.30. The summed E-state index contributed by atoms with van der Waals surface area (Å²) in [5.41, 5.74) is 0.677. The minimum absolute atomic E-state index is 0.00158. The van der Waals surface area contributed by atoms with Gasteiger partial charge >= 0.3 is 6.03 Å². The van der Waals surface area contributed by atoms with Crippen LogP contribution in [-0.4, -0.2) is 41.9 Å². The van der Waals surface area contributed by atoms with Crippen molar-refractivity contribution in [3.05, 3.63) is 42.7 Å². The number of pyridine rings is 1. The van der Waals surface area contributed by atoms with E-state index in [0.717, 1.165) is 0 Å². The van der Waals surface area contributed by atoms with Crippen LogP contribution in [-0.2, 0) is 0 Å². The van der Waals surface area contributed by atoms with Gasteiger partial charge in [0.1, 0.15) is 11.9 Å². The van der Waals surface area contributed by atoms with E-state index in [4.69, 9.17) is 14.2 Å². The van der Waals surface area contributed by atoms with Crippen molar-refractivity contribution in [3.63, 3.8) is 0 Å². The Morgan fingerprint density at radius 1 is 1.26 bits per heavy atom. The SMILES string of the molecule is O=C(Nc1ccc2c(c1)OCO2)N1CC(Oc2cccnc2)C1. The van der Waals surface area contributed by atoms with Gasteiger partial charge in [-0.05, 0) is 24.3 Å². The summed E-state index contributed by atoms with van der Waals surface area (Å²) in [6, 6.07) is 8.83. The number of ether oxygens (including phenoxy) is 3. The van der Waals surface area contributed by atoms with E-state index < -0.39 is 0 Å². The Morgan fingerprint density at radius 2 is 2.13 bits per heavy atom. The first kappa shape index (κ1) is 13.7. The maximum Gasteiger partial charge on any atom is 0.322 e. The molecule has 0 aliphatic carbocycles. The smallest absolute Gasteiger partial charge is 0.322 e. The molecule has 0 radical (unpaired) electrons. The highest BCUT2D eigenvalue weighted by molar-refractivity contribution is 5.90. The van der Waals surface area contributed by atoms with Crippen molar-refractivity contribution >= 4 is 11.7 Å². The van der Waals surface area contributed by atoms with Crippen molar-refractivity contribution in [2.75, 3.05) is 25.2 Å². The largest absolute Gasteiger partial charge is 0.485 e. The van der Waals surface area contributed by atoms with E-state index in [1.54, 1.807) is 35.5 Å². The molecule has 23 heavy (non-hydrogen) atoms. The van der Waals surface area contributed by atoms with Crippen molar-refractivity contribution in [2.24, 2.45) is 0 Å². The average Bonchev–Trinajstić information content (AvgIpc) is 2.99. The number of aromatic nitrogens is 1. The molecule has 3 heterocycles. The molecule has 7 nitrogen and oxygen atoms in total. The van der Waals surface area contributed by atoms with E-state index >= 15 is 0 Å². The Labute approximate surface area is 132 Å². The molecule has 2 amide bonds. The highest BCUT2D eigenvalue weighted by Crippen LogP contribution is 2.34. The van der Waals surface area contributed by atoms with Gasteiger partial charge < -0.3 is 24.4 Å². The first-order valence-corrected chi connectivity index (χ1v) is 7.30. The lowest BCUT2D eigenvalue weighted by Gasteiger charge is -2.38.